The first-order chi connectivity index (χ1) is 11.5. The molecule has 0 aliphatic rings. The molecule has 8 nitrogen and oxygen atoms in total. The van der Waals surface area contributed by atoms with E-state index < -0.39 is 11.5 Å². The quantitative estimate of drug-likeness (QED) is 0.559. The minimum atomic E-state index is -0.708. The smallest absolute Gasteiger partial charge is 0.368 e. The number of benzene rings is 1. The fourth-order valence-corrected chi connectivity index (χ4v) is 2.14. The molecule has 1 heterocycles. The van der Waals surface area contributed by atoms with Gasteiger partial charge in [-0.15, -0.1) is 0 Å². The van der Waals surface area contributed by atoms with Gasteiger partial charge in [0, 0.05) is 12.6 Å². The summed E-state index contributed by atoms with van der Waals surface area (Å²) in [4.78, 5) is 16.8. The number of hydrogen-bond donors (Lipinski definition) is 0. The number of aromatic nitrogens is 4. The van der Waals surface area contributed by atoms with E-state index in [9.17, 15) is 9.18 Å². The van der Waals surface area contributed by atoms with Gasteiger partial charge in [-0.25, -0.2) is 9.18 Å². The summed E-state index contributed by atoms with van der Waals surface area (Å²) in [5.74, 6) is -0.518. The number of oxime groups is 1. The summed E-state index contributed by atoms with van der Waals surface area (Å²) in [6.07, 6.45) is 0.703. The average molecular weight is 358 g/mol. The van der Waals surface area contributed by atoms with Crippen LogP contribution in [0, 0.1) is 5.82 Å². The molecule has 0 spiro atoms. The second kappa shape index (κ2) is 7.91. The Balaban J connectivity index is 2.36. The molecule has 0 aliphatic heterocycles. The lowest BCUT2D eigenvalue weighted by Gasteiger charge is -2.10. The van der Waals surface area contributed by atoms with Crippen LogP contribution in [-0.2, 0) is 11.4 Å². The van der Waals surface area contributed by atoms with Gasteiger partial charge in [-0.2, -0.15) is 9.36 Å². The van der Waals surface area contributed by atoms with Crippen molar-refractivity contribution in [2.45, 2.75) is 26.8 Å². The minimum absolute atomic E-state index is 0.0652. The van der Waals surface area contributed by atoms with Crippen LogP contribution in [0.5, 0.6) is 5.75 Å². The Hall–Kier alpha value is -2.42. The molecule has 0 amide bonds. The number of halogens is 2. The van der Waals surface area contributed by atoms with Gasteiger partial charge in [-0.1, -0.05) is 23.7 Å². The molecule has 0 aliphatic carbocycles. The van der Waals surface area contributed by atoms with Crippen molar-refractivity contribution in [3.63, 3.8) is 0 Å². The van der Waals surface area contributed by atoms with E-state index in [4.69, 9.17) is 16.3 Å². The highest BCUT2D eigenvalue weighted by molar-refractivity contribution is 6.32. The molecule has 0 bridgehead atoms. The van der Waals surface area contributed by atoms with E-state index in [0.29, 0.717) is 18.7 Å². The molecule has 2 rings (SSSR count). The zero-order chi connectivity index (χ0) is 17.7. The van der Waals surface area contributed by atoms with Gasteiger partial charge in [0.25, 0.3) is 0 Å². The van der Waals surface area contributed by atoms with Crippen molar-refractivity contribution >= 4 is 17.3 Å². The fourth-order valence-electron chi connectivity index (χ4n) is 1.93. The first-order valence-electron chi connectivity index (χ1n) is 7.19. The number of rotatable bonds is 7. The zero-order valence-corrected chi connectivity index (χ0v) is 14.2. The monoisotopic (exact) mass is 357 g/mol. The fraction of sp³-hybridized carbons (Fsp3) is 0.429. The third-order valence-corrected chi connectivity index (χ3v) is 3.28. The first-order valence-corrected chi connectivity index (χ1v) is 7.57. The summed E-state index contributed by atoms with van der Waals surface area (Å²) >= 11 is 5.98. The molecule has 0 atom stereocenters. The summed E-state index contributed by atoms with van der Waals surface area (Å²) in [6, 6.07) is 2.35. The number of aryl methyl sites for hydroxylation is 1. The minimum Gasteiger partial charge on any atom is -0.486 e. The van der Waals surface area contributed by atoms with Crippen molar-refractivity contribution in [1.29, 1.82) is 0 Å². The van der Waals surface area contributed by atoms with E-state index in [-0.39, 0.29) is 23.1 Å². The number of ether oxygens (including phenoxy) is 1. The molecule has 1 aromatic carbocycles. The van der Waals surface area contributed by atoms with Crippen molar-refractivity contribution in [2.75, 3.05) is 13.7 Å². The third kappa shape index (κ3) is 3.91. The van der Waals surface area contributed by atoms with Crippen molar-refractivity contribution < 1.29 is 14.0 Å². The Bertz CT molecular complexity index is 802. The van der Waals surface area contributed by atoms with Crippen LogP contribution in [0.2, 0.25) is 5.02 Å². The highest BCUT2D eigenvalue weighted by atomic mass is 35.5. The third-order valence-electron chi connectivity index (χ3n) is 2.99. The van der Waals surface area contributed by atoms with Gasteiger partial charge >= 0.3 is 5.69 Å². The lowest BCUT2D eigenvalue weighted by molar-refractivity contribution is 0.209. The Labute approximate surface area is 142 Å². The van der Waals surface area contributed by atoms with Crippen molar-refractivity contribution in [3.05, 3.63) is 33.5 Å². The average Bonchev–Trinajstić information content (AvgIpc) is 2.88. The van der Waals surface area contributed by atoms with E-state index in [1.54, 1.807) is 6.92 Å². The molecular weight excluding hydrogens is 341 g/mol. The molecule has 2 aromatic rings. The molecule has 0 radical (unpaired) electrons. The van der Waals surface area contributed by atoms with Crippen molar-refractivity contribution in [2.24, 2.45) is 5.16 Å². The van der Waals surface area contributed by atoms with Crippen molar-refractivity contribution in [3.8, 4) is 11.4 Å². The summed E-state index contributed by atoms with van der Waals surface area (Å²) in [6.45, 7) is 4.08. The van der Waals surface area contributed by atoms with E-state index >= 15 is 0 Å². The maximum Gasteiger partial charge on any atom is 0.368 e. The Morgan fingerprint density at radius 2 is 2.17 bits per heavy atom. The molecular formula is C14H17ClFN5O3. The number of hydrogen-bond acceptors (Lipinski definition) is 6. The van der Waals surface area contributed by atoms with Crippen LogP contribution in [0.25, 0.3) is 5.69 Å². The van der Waals surface area contributed by atoms with Crippen LogP contribution in [-0.4, -0.2) is 39.2 Å². The molecule has 0 saturated heterocycles. The zero-order valence-electron chi connectivity index (χ0n) is 13.5. The van der Waals surface area contributed by atoms with Crippen LogP contribution in [0.3, 0.4) is 0 Å². The highest BCUT2D eigenvalue weighted by Crippen LogP contribution is 2.29. The van der Waals surface area contributed by atoms with Crippen LogP contribution in [0.4, 0.5) is 4.39 Å². The SMILES string of the molecule is CCCn1nnn(-c2cc(OCC(C)=NOC)c(Cl)cc2F)c1=O. The maximum atomic E-state index is 14.2. The number of nitrogens with zero attached hydrogens (tertiary/aromatic N) is 5. The van der Waals surface area contributed by atoms with Crippen LogP contribution in [0.1, 0.15) is 20.3 Å². The molecule has 0 fully saturated rings. The topological polar surface area (TPSA) is 83.5 Å². The molecule has 0 saturated carbocycles. The van der Waals surface area contributed by atoms with Crippen LogP contribution in [0.15, 0.2) is 22.1 Å². The summed E-state index contributed by atoms with van der Waals surface area (Å²) in [5.41, 5.74) is -0.0743. The Morgan fingerprint density at radius 1 is 1.42 bits per heavy atom. The first kappa shape index (κ1) is 17.9. The molecule has 1 aromatic heterocycles. The van der Waals surface area contributed by atoms with Gasteiger partial charge in [-0.3, -0.25) is 0 Å². The molecule has 130 valence electrons. The van der Waals surface area contributed by atoms with Gasteiger partial charge in [0.15, 0.2) is 5.82 Å². The highest BCUT2D eigenvalue weighted by Gasteiger charge is 2.16. The van der Waals surface area contributed by atoms with Crippen LogP contribution < -0.4 is 10.4 Å². The second-order valence-electron chi connectivity index (χ2n) is 4.93. The maximum absolute atomic E-state index is 14.2. The van der Waals surface area contributed by atoms with E-state index in [2.05, 4.69) is 20.4 Å². The second-order valence-corrected chi connectivity index (χ2v) is 5.34. The van der Waals surface area contributed by atoms with E-state index in [1.807, 2.05) is 6.92 Å². The lowest BCUT2D eigenvalue weighted by atomic mass is 10.3. The normalized spacial score (nSPS) is 11.6. The van der Waals surface area contributed by atoms with Gasteiger partial charge in [0.2, 0.25) is 0 Å². The molecule has 10 heteroatoms. The van der Waals surface area contributed by atoms with Crippen molar-refractivity contribution in [1.82, 2.24) is 19.8 Å². The standard InChI is InChI=1S/C14H17ClFN5O3/c1-4-5-20-14(22)21(19-18-20)12-7-13(10(15)6-11(12)16)24-8-9(2)17-23-3/h6-7H,4-5,8H2,1-3H3. The summed E-state index contributed by atoms with van der Waals surface area (Å²) in [5, 5.41) is 11.2. The Morgan fingerprint density at radius 3 is 2.83 bits per heavy atom. The Kier molecular flexibility index (Phi) is 5.91. The summed E-state index contributed by atoms with van der Waals surface area (Å²) < 4.78 is 21.7. The number of tetrazole rings is 1. The molecule has 0 N–H and O–H groups in total. The van der Waals surface area contributed by atoms with Crippen LogP contribution >= 0.6 is 11.6 Å². The van der Waals surface area contributed by atoms with Gasteiger partial charge in [-0.05, 0) is 29.8 Å². The predicted molar refractivity (Wildman–Crippen MR) is 86.5 cm³/mol. The largest absolute Gasteiger partial charge is 0.486 e. The predicted octanol–water partition coefficient (Wildman–Crippen LogP) is 2.03. The molecule has 0 unspecified atom stereocenters. The van der Waals surface area contributed by atoms with Gasteiger partial charge in [0.05, 0.1) is 10.7 Å². The van der Waals surface area contributed by atoms with E-state index in [1.165, 1.54) is 13.2 Å². The van der Waals surface area contributed by atoms with Gasteiger partial charge in [0.1, 0.15) is 25.2 Å². The lowest BCUT2D eigenvalue weighted by Crippen LogP contribution is -2.25. The van der Waals surface area contributed by atoms with Gasteiger partial charge < -0.3 is 9.57 Å². The van der Waals surface area contributed by atoms with E-state index in [0.717, 1.165) is 15.4 Å². The summed E-state index contributed by atoms with van der Waals surface area (Å²) in [7, 11) is 1.42. The molecule has 24 heavy (non-hydrogen) atoms.